The van der Waals surface area contributed by atoms with Crippen molar-refractivity contribution in [3.05, 3.63) is 0 Å². The third kappa shape index (κ3) is 2.19. The van der Waals surface area contributed by atoms with E-state index in [4.69, 9.17) is 6.42 Å². The van der Waals surface area contributed by atoms with Crippen molar-refractivity contribution in [3.8, 4) is 12.3 Å². The predicted molar refractivity (Wildman–Crippen MR) is 63.6 cm³/mol. The molecule has 0 saturated carbocycles. The fraction of sp³-hybridized carbons (Fsp3) is 0.846. The number of hydrogen-bond donors (Lipinski definition) is 1. The van der Waals surface area contributed by atoms with Crippen molar-refractivity contribution in [2.45, 2.75) is 32.2 Å². The van der Waals surface area contributed by atoms with Gasteiger partial charge in [-0.3, -0.25) is 4.90 Å². The number of likely N-dealkylation sites (tertiary alicyclic amines) is 1. The zero-order chi connectivity index (χ0) is 10.7. The molecule has 2 heterocycles. The Labute approximate surface area is 93.4 Å². The summed E-state index contributed by atoms with van der Waals surface area (Å²) in [7, 11) is 0. The Morgan fingerprint density at radius 2 is 2.33 bits per heavy atom. The first kappa shape index (κ1) is 11.0. The van der Waals surface area contributed by atoms with Gasteiger partial charge in [0, 0.05) is 19.0 Å². The summed E-state index contributed by atoms with van der Waals surface area (Å²) in [6.45, 7) is 7.28. The van der Waals surface area contributed by atoms with Crippen molar-refractivity contribution in [1.82, 2.24) is 10.2 Å². The van der Waals surface area contributed by atoms with Crippen LogP contribution >= 0.6 is 0 Å². The van der Waals surface area contributed by atoms with E-state index in [-0.39, 0.29) is 0 Å². The summed E-state index contributed by atoms with van der Waals surface area (Å²) in [5, 5.41) is 3.52. The fourth-order valence-electron chi connectivity index (χ4n) is 3.31. The zero-order valence-corrected chi connectivity index (χ0v) is 9.71. The molecule has 0 radical (unpaired) electrons. The maximum Gasteiger partial charge on any atom is 0.0137 e. The van der Waals surface area contributed by atoms with Gasteiger partial charge in [0.25, 0.3) is 0 Å². The smallest absolute Gasteiger partial charge is 0.0137 e. The van der Waals surface area contributed by atoms with E-state index in [1.807, 2.05) is 0 Å². The molecule has 2 saturated heterocycles. The van der Waals surface area contributed by atoms with Crippen LogP contribution < -0.4 is 5.32 Å². The van der Waals surface area contributed by atoms with Crippen LogP contribution in [0.2, 0.25) is 0 Å². The summed E-state index contributed by atoms with van der Waals surface area (Å²) < 4.78 is 0. The van der Waals surface area contributed by atoms with Gasteiger partial charge in [-0.1, -0.05) is 6.92 Å². The van der Waals surface area contributed by atoms with Gasteiger partial charge in [0.05, 0.1) is 0 Å². The number of fused-ring (bicyclic) bond motifs is 1. The molecule has 3 atom stereocenters. The van der Waals surface area contributed by atoms with Crippen molar-refractivity contribution in [2.75, 3.05) is 26.2 Å². The van der Waals surface area contributed by atoms with Gasteiger partial charge < -0.3 is 5.32 Å². The molecule has 2 nitrogen and oxygen atoms in total. The Kier molecular flexibility index (Phi) is 3.66. The molecule has 3 unspecified atom stereocenters. The van der Waals surface area contributed by atoms with E-state index in [2.05, 4.69) is 23.1 Å². The van der Waals surface area contributed by atoms with Crippen molar-refractivity contribution >= 4 is 0 Å². The van der Waals surface area contributed by atoms with Crippen molar-refractivity contribution < 1.29 is 0 Å². The van der Waals surface area contributed by atoms with Crippen molar-refractivity contribution in [1.29, 1.82) is 0 Å². The standard InChI is InChI=1S/C13H22N2/c1-3-5-6-7-15-10-11-8-14-9-12(11)13(15)4-2/h1,11-14H,4-10H2,2H3. The van der Waals surface area contributed by atoms with Crippen LogP contribution in [-0.2, 0) is 0 Å². The summed E-state index contributed by atoms with van der Waals surface area (Å²) in [6, 6.07) is 0.808. The monoisotopic (exact) mass is 206 g/mol. The molecular weight excluding hydrogens is 184 g/mol. The van der Waals surface area contributed by atoms with Crippen LogP contribution in [0.15, 0.2) is 0 Å². The van der Waals surface area contributed by atoms with Gasteiger partial charge >= 0.3 is 0 Å². The molecule has 0 spiro atoms. The number of terminal acetylenes is 1. The van der Waals surface area contributed by atoms with E-state index < -0.39 is 0 Å². The number of hydrogen-bond acceptors (Lipinski definition) is 2. The normalized spacial score (nSPS) is 35.3. The van der Waals surface area contributed by atoms with Gasteiger partial charge in [0.15, 0.2) is 0 Å². The highest BCUT2D eigenvalue weighted by Crippen LogP contribution is 2.34. The van der Waals surface area contributed by atoms with E-state index in [1.165, 1.54) is 39.0 Å². The molecule has 0 aromatic carbocycles. The van der Waals surface area contributed by atoms with E-state index in [9.17, 15) is 0 Å². The minimum Gasteiger partial charge on any atom is -0.316 e. The van der Waals surface area contributed by atoms with Crippen LogP contribution in [0.1, 0.15) is 26.2 Å². The largest absolute Gasteiger partial charge is 0.316 e. The van der Waals surface area contributed by atoms with Gasteiger partial charge in [0.2, 0.25) is 0 Å². The summed E-state index contributed by atoms with van der Waals surface area (Å²) in [5.41, 5.74) is 0. The topological polar surface area (TPSA) is 15.3 Å². The highest BCUT2D eigenvalue weighted by molar-refractivity contribution is 4.98. The molecule has 0 bridgehead atoms. The summed E-state index contributed by atoms with van der Waals surface area (Å²) in [5.74, 6) is 4.54. The van der Waals surface area contributed by atoms with E-state index >= 15 is 0 Å². The molecule has 2 aliphatic heterocycles. The Morgan fingerprint density at radius 1 is 1.47 bits per heavy atom. The van der Waals surface area contributed by atoms with Gasteiger partial charge in [-0.05, 0) is 44.3 Å². The summed E-state index contributed by atoms with van der Waals surface area (Å²) >= 11 is 0. The predicted octanol–water partition coefficient (Wildman–Crippen LogP) is 1.33. The Hall–Kier alpha value is -0.520. The maximum absolute atomic E-state index is 5.29. The SMILES string of the molecule is C#CCCCN1CC2CNCC2C1CC. The molecule has 15 heavy (non-hydrogen) atoms. The third-order valence-electron chi connectivity index (χ3n) is 4.01. The highest BCUT2D eigenvalue weighted by atomic mass is 15.2. The maximum atomic E-state index is 5.29. The Balaban J connectivity index is 1.87. The number of rotatable bonds is 4. The van der Waals surface area contributed by atoms with E-state index in [1.54, 1.807) is 0 Å². The van der Waals surface area contributed by atoms with Crippen LogP contribution in [0.3, 0.4) is 0 Å². The summed E-state index contributed by atoms with van der Waals surface area (Å²) in [4.78, 5) is 2.67. The van der Waals surface area contributed by atoms with Gasteiger partial charge in [0.1, 0.15) is 0 Å². The second-order valence-corrected chi connectivity index (χ2v) is 4.86. The highest BCUT2D eigenvalue weighted by Gasteiger charge is 2.42. The van der Waals surface area contributed by atoms with Crippen LogP contribution in [0.4, 0.5) is 0 Å². The molecule has 1 N–H and O–H groups in total. The average Bonchev–Trinajstić information content (AvgIpc) is 2.77. The number of nitrogens with one attached hydrogen (secondary N) is 1. The first-order valence-electron chi connectivity index (χ1n) is 6.25. The minimum atomic E-state index is 0.808. The molecule has 2 heteroatoms. The van der Waals surface area contributed by atoms with Gasteiger partial charge in [-0.2, -0.15) is 0 Å². The lowest BCUT2D eigenvalue weighted by atomic mass is 9.93. The van der Waals surface area contributed by atoms with Crippen molar-refractivity contribution in [3.63, 3.8) is 0 Å². The molecule has 2 rings (SSSR count). The lowest BCUT2D eigenvalue weighted by molar-refractivity contribution is 0.217. The van der Waals surface area contributed by atoms with Crippen LogP contribution in [0.5, 0.6) is 0 Å². The quantitative estimate of drug-likeness (QED) is 0.551. The van der Waals surface area contributed by atoms with Gasteiger partial charge in [-0.25, -0.2) is 0 Å². The minimum absolute atomic E-state index is 0.808. The summed E-state index contributed by atoms with van der Waals surface area (Å²) in [6.07, 6.45) is 8.68. The molecule has 0 amide bonds. The van der Waals surface area contributed by atoms with Crippen molar-refractivity contribution in [2.24, 2.45) is 11.8 Å². The number of unbranched alkanes of at least 4 members (excludes halogenated alkanes) is 1. The van der Waals surface area contributed by atoms with Gasteiger partial charge in [-0.15, -0.1) is 12.3 Å². The first-order valence-corrected chi connectivity index (χ1v) is 6.25. The molecule has 2 aliphatic rings. The van der Waals surface area contributed by atoms with E-state index in [0.717, 1.165) is 24.3 Å². The fourth-order valence-corrected chi connectivity index (χ4v) is 3.31. The van der Waals surface area contributed by atoms with Crippen LogP contribution in [-0.4, -0.2) is 37.1 Å². The second kappa shape index (κ2) is 5.01. The second-order valence-electron chi connectivity index (χ2n) is 4.86. The average molecular weight is 206 g/mol. The van der Waals surface area contributed by atoms with Crippen LogP contribution in [0.25, 0.3) is 0 Å². The third-order valence-corrected chi connectivity index (χ3v) is 4.01. The Morgan fingerprint density at radius 3 is 3.07 bits per heavy atom. The first-order chi connectivity index (χ1) is 7.36. The van der Waals surface area contributed by atoms with E-state index in [0.29, 0.717) is 0 Å². The molecule has 84 valence electrons. The molecule has 0 aliphatic carbocycles. The number of nitrogens with zero attached hydrogens (tertiary/aromatic N) is 1. The lowest BCUT2D eigenvalue weighted by Gasteiger charge is -2.26. The lowest BCUT2D eigenvalue weighted by Crippen LogP contribution is -2.35. The molecule has 0 aromatic heterocycles. The zero-order valence-electron chi connectivity index (χ0n) is 9.71. The molecular formula is C13H22N2. The Bertz CT molecular complexity index is 243. The molecule has 0 aromatic rings. The molecule has 2 fully saturated rings. The van der Waals surface area contributed by atoms with Crippen LogP contribution in [0, 0.1) is 24.2 Å².